The first-order valence-electron chi connectivity index (χ1n) is 11.6. The average molecular weight is 406 g/mol. The van der Waals surface area contributed by atoms with Crippen molar-refractivity contribution in [3.05, 3.63) is 71.2 Å². The maximum absolute atomic E-state index is 13.3. The first-order chi connectivity index (χ1) is 14.7. The number of carbonyl (C=O) groups excluding carboxylic acids is 1. The van der Waals surface area contributed by atoms with Gasteiger partial charge in [0.25, 0.3) is 0 Å². The van der Waals surface area contributed by atoms with Crippen LogP contribution in [0.3, 0.4) is 0 Å². The molecule has 3 aliphatic rings. The van der Waals surface area contributed by atoms with Crippen molar-refractivity contribution in [3.8, 4) is 0 Å². The second kappa shape index (κ2) is 10.1. The van der Waals surface area contributed by atoms with Gasteiger partial charge < -0.3 is 0 Å². The van der Waals surface area contributed by atoms with Crippen molar-refractivity contribution < 1.29 is 9.18 Å². The summed E-state index contributed by atoms with van der Waals surface area (Å²) >= 11 is 0. The summed E-state index contributed by atoms with van der Waals surface area (Å²) in [5.74, 6) is 1.08. The van der Waals surface area contributed by atoms with Crippen LogP contribution in [0.1, 0.15) is 69.8 Å². The van der Waals surface area contributed by atoms with Crippen LogP contribution in [0, 0.1) is 17.7 Å². The third-order valence-electron chi connectivity index (χ3n) is 6.81. The molecular formula is C27H32FNO. The molecule has 3 heteroatoms. The molecule has 1 aromatic carbocycles. The van der Waals surface area contributed by atoms with Crippen LogP contribution in [0.15, 0.2) is 64.8 Å². The summed E-state index contributed by atoms with van der Waals surface area (Å²) in [5.41, 5.74) is 5.13. The summed E-state index contributed by atoms with van der Waals surface area (Å²) < 4.78 is 13.3. The Hall–Kier alpha value is -2.29. The summed E-state index contributed by atoms with van der Waals surface area (Å²) in [4.78, 5) is 17.4. The van der Waals surface area contributed by atoms with Crippen LogP contribution in [-0.4, -0.2) is 11.5 Å². The van der Waals surface area contributed by atoms with Crippen LogP contribution in [0.5, 0.6) is 0 Å². The Morgan fingerprint density at radius 1 is 1.13 bits per heavy atom. The fraction of sp³-hybridized carbons (Fsp3) is 0.481. The van der Waals surface area contributed by atoms with Gasteiger partial charge in [0.15, 0.2) is 0 Å². The van der Waals surface area contributed by atoms with E-state index < -0.39 is 0 Å². The molecule has 0 saturated heterocycles. The molecule has 4 rings (SSSR count). The zero-order chi connectivity index (χ0) is 20.8. The Labute approximate surface area is 179 Å². The van der Waals surface area contributed by atoms with Gasteiger partial charge in [-0.25, -0.2) is 4.39 Å². The third-order valence-corrected chi connectivity index (χ3v) is 6.81. The van der Waals surface area contributed by atoms with E-state index in [1.165, 1.54) is 36.3 Å². The molecule has 0 bridgehead atoms. The van der Waals surface area contributed by atoms with Crippen LogP contribution < -0.4 is 0 Å². The van der Waals surface area contributed by atoms with E-state index in [0.29, 0.717) is 36.9 Å². The summed E-state index contributed by atoms with van der Waals surface area (Å²) in [6, 6.07) is 6.60. The van der Waals surface area contributed by atoms with E-state index in [-0.39, 0.29) is 5.82 Å². The molecule has 1 heterocycles. The van der Waals surface area contributed by atoms with Gasteiger partial charge in [-0.05, 0) is 74.1 Å². The molecule has 0 radical (unpaired) electrons. The first kappa shape index (κ1) is 21.0. The number of halogens is 1. The highest BCUT2D eigenvalue weighted by atomic mass is 19.1. The summed E-state index contributed by atoms with van der Waals surface area (Å²) in [6.07, 6.45) is 19.6. The number of hydrogen-bond acceptors (Lipinski definition) is 2. The Bertz CT molecular complexity index is 892. The van der Waals surface area contributed by atoms with Gasteiger partial charge in [-0.2, -0.15) is 0 Å². The molecule has 158 valence electrons. The van der Waals surface area contributed by atoms with Gasteiger partial charge >= 0.3 is 0 Å². The molecule has 1 aromatic rings. The molecule has 30 heavy (non-hydrogen) atoms. The minimum absolute atomic E-state index is 0.225. The van der Waals surface area contributed by atoms with Crippen LogP contribution in [0.25, 0.3) is 0 Å². The SMILES string of the molecule is O=C(CCc1cccc(F)c1)C[C@@H]1CCCC(C2=NC=CCC3=C2C=CCC3)CC1. The van der Waals surface area contributed by atoms with Gasteiger partial charge in [-0.3, -0.25) is 9.79 Å². The summed E-state index contributed by atoms with van der Waals surface area (Å²) in [5, 5.41) is 0. The number of hydrogen-bond donors (Lipinski definition) is 0. The minimum atomic E-state index is -0.225. The topological polar surface area (TPSA) is 29.4 Å². The number of rotatable bonds is 6. The predicted octanol–water partition coefficient (Wildman–Crippen LogP) is 6.92. The van der Waals surface area contributed by atoms with E-state index in [0.717, 1.165) is 44.1 Å². The smallest absolute Gasteiger partial charge is 0.133 e. The van der Waals surface area contributed by atoms with Gasteiger partial charge in [-0.15, -0.1) is 0 Å². The molecule has 1 saturated carbocycles. The van der Waals surface area contributed by atoms with E-state index in [1.807, 2.05) is 12.3 Å². The van der Waals surface area contributed by atoms with Crippen molar-refractivity contribution in [3.63, 3.8) is 0 Å². The lowest BCUT2D eigenvalue weighted by Gasteiger charge is -2.22. The van der Waals surface area contributed by atoms with E-state index in [9.17, 15) is 9.18 Å². The summed E-state index contributed by atoms with van der Waals surface area (Å²) in [6.45, 7) is 0. The van der Waals surface area contributed by atoms with Crippen molar-refractivity contribution in [1.29, 1.82) is 0 Å². The van der Waals surface area contributed by atoms with Gasteiger partial charge in [0, 0.05) is 25.0 Å². The largest absolute Gasteiger partial charge is 0.300 e. The molecule has 1 fully saturated rings. The zero-order valence-corrected chi connectivity index (χ0v) is 17.8. The van der Waals surface area contributed by atoms with E-state index in [1.54, 1.807) is 11.6 Å². The molecule has 2 aliphatic carbocycles. The number of allylic oxidation sites excluding steroid dienone is 5. The molecule has 2 nitrogen and oxygen atoms in total. The highest BCUT2D eigenvalue weighted by molar-refractivity contribution is 6.05. The lowest BCUT2D eigenvalue weighted by atomic mass is 9.84. The van der Waals surface area contributed by atoms with Crippen LogP contribution >= 0.6 is 0 Å². The number of nitrogens with zero attached hydrogens (tertiary/aromatic N) is 1. The van der Waals surface area contributed by atoms with Crippen molar-refractivity contribution in [2.45, 2.75) is 70.6 Å². The maximum Gasteiger partial charge on any atom is 0.133 e. The lowest BCUT2D eigenvalue weighted by Crippen LogP contribution is -2.18. The molecule has 0 N–H and O–H groups in total. The fourth-order valence-electron chi connectivity index (χ4n) is 5.17. The second-order valence-corrected chi connectivity index (χ2v) is 9.01. The van der Waals surface area contributed by atoms with Gasteiger partial charge in [0.05, 0.1) is 5.71 Å². The first-order valence-corrected chi connectivity index (χ1v) is 11.6. The number of benzene rings is 1. The van der Waals surface area contributed by atoms with Crippen molar-refractivity contribution in [1.82, 2.24) is 0 Å². The molecule has 2 atom stereocenters. The van der Waals surface area contributed by atoms with E-state index in [2.05, 4.69) is 18.2 Å². The summed E-state index contributed by atoms with van der Waals surface area (Å²) in [7, 11) is 0. The Balaban J connectivity index is 1.31. The van der Waals surface area contributed by atoms with E-state index >= 15 is 0 Å². The van der Waals surface area contributed by atoms with Gasteiger partial charge in [0.2, 0.25) is 0 Å². The monoisotopic (exact) mass is 405 g/mol. The van der Waals surface area contributed by atoms with Crippen LogP contribution in [0.2, 0.25) is 0 Å². The fourth-order valence-corrected chi connectivity index (χ4v) is 5.17. The minimum Gasteiger partial charge on any atom is -0.300 e. The molecule has 0 spiro atoms. The van der Waals surface area contributed by atoms with Crippen molar-refractivity contribution in [2.75, 3.05) is 0 Å². The van der Waals surface area contributed by atoms with Crippen LogP contribution in [-0.2, 0) is 11.2 Å². The lowest BCUT2D eigenvalue weighted by molar-refractivity contribution is -0.120. The van der Waals surface area contributed by atoms with Crippen molar-refractivity contribution >= 4 is 11.5 Å². The highest BCUT2D eigenvalue weighted by Crippen LogP contribution is 2.35. The molecule has 1 aliphatic heterocycles. The number of Topliss-reactive ketones (excluding diaryl/α,β-unsaturated/α-hetero) is 1. The zero-order valence-electron chi connectivity index (χ0n) is 17.8. The van der Waals surface area contributed by atoms with E-state index in [4.69, 9.17) is 4.99 Å². The normalized spacial score (nSPS) is 24.1. The average Bonchev–Trinajstić information content (AvgIpc) is 3.11. The quantitative estimate of drug-likeness (QED) is 0.472. The van der Waals surface area contributed by atoms with Crippen LogP contribution in [0.4, 0.5) is 4.39 Å². The Morgan fingerprint density at radius 3 is 2.97 bits per heavy atom. The molecular weight excluding hydrogens is 373 g/mol. The van der Waals surface area contributed by atoms with Crippen molar-refractivity contribution in [2.24, 2.45) is 16.8 Å². The Kier molecular flexibility index (Phi) is 7.09. The Morgan fingerprint density at radius 2 is 2.07 bits per heavy atom. The number of aryl methyl sites for hydroxylation is 1. The number of ketones is 1. The predicted molar refractivity (Wildman–Crippen MR) is 121 cm³/mol. The van der Waals surface area contributed by atoms with Gasteiger partial charge in [-0.1, -0.05) is 48.8 Å². The third kappa shape index (κ3) is 5.44. The number of aliphatic imine (C=N–C) groups is 1. The molecule has 0 amide bonds. The second-order valence-electron chi connectivity index (χ2n) is 9.01. The van der Waals surface area contributed by atoms with Gasteiger partial charge in [0.1, 0.15) is 11.6 Å². The number of carbonyl (C=O) groups is 1. The molecule has 0 aromatic heterocycles. The highest BCUT2D eigenvalue weighted by Gasteiger charge is 2.27. The standard InChI is InChI=1S/C27H32FNO/c28-24-11-4-7-20(18-24)14-16-25(30)19-21-6-3-9-23(15-13-21)27-26-12-2-1-8-22(26)10-5-17-29-27/h2,4-5,7,11-12,17-18,21,23H,1,3,6,8-10,13-16,19H2/t21-,23?/m1/s1. The maximum atomic E-state index is 13.3. The molecule has 1 unspecified atom stereocenters.